The van der Waals surface area contributed by atoms with Crippen molar-refractivity contribution >= 4 is 17.7 Å². The van der Waals surface area contributed by atoms with E-state index in [1.165, 1.54) is 0 Å². The fourth-order valence-corrected chi connectivity index (χ4v) is 2.73. The standard InChI is InChI=1S/C21H30N4O/c1-6-17-16-22-21(23-20(17)7-2)24(5)18-10-12-19(13-11-18)26-15-14-25(8-3)9-4/h7,10-13,16H,2,6,8-9,14-15H2,1,3-5H3. The maximum absolute atomic E-state index is 5.84. The molecule has 0 atom stereocenters. The second-order valence-corrected chi connectivity index (χ2v) is 6.07. The first-order valence-electron chi connectivity index (χ1n) is 9.30. The van der Waals surface area contributed by atoms with Crippen LogP contribution in [0, 0.1) is 0 Å². The Kier molecular flexibility index (Phi) is 7.60. The quantitative estimate of drug-likeness (QED) is 0.640. The monoisotopic (exact) mass is 354 g/mol. The van der Waals surface area contributed by atoms with E-state index in [-0.39, 0.29) is 0 Å². The Morgan fingerprint density at radius 3 is 2.38 bits per heavy atom. The van der Waals surface area contributed by atoms with Crippen molar-refractivity contribution in [2.24, 2.45) is 0 Å². The second-order valence-electron chi connectivity index (χ2n) is 6.07. The number of hydrogen-bond acceptors (Lipinski definition) is 5. The normalized spacial score (nSPS) is 10.8. The highest BCUT2D eigenvalue weighted by Gasteiger charge is 2.10. The molecule has 0 unspecified atom stereocenters. The highest BCUT2D eigenvalue weighted by molar-refractivity contribution is 5.59. The Labute approximate surface area is 157 Å². The molecule has 1 aromatic heterocycles. The van der Waals surface area contributed by atoms with Crippen LogP contribution >= 0.6 is 0 Å². The first kappa shape index (κ1) is 19.9. The molecule has 0 amide bonds. The van der Waals surface area contributed by atoms with Crippen molar-refractivity contribution in [1.82, 2.24) is 14.9 Å². The van der Waals surface area contributed by atoms with E-state index in [9.17, 15) is 0 Å². The third-order valence-corrected chi connectivity index (χ3v) is 4.55. The fraction of sp³-hybridized carbons (Fsp3) is 0.429. The molecule has 0 spiro atoms. The molecule has 0 bridgehead atoms. The van der Waals surface area contributed by atoms with E-state index in [1.54, 1.807) is 6.08 Å². The van der Waals surface area contributed by atoms with Crippen molar-refractivity contribution in [3.63, 3.8) is 0 Å². The molecule has 0 radical (unpaired) electrons. The minimum Gasteiger partial charge on any atom is -0.492 e. The molecule has 0 aliphatic heterocycles. The Bertz CT molecular complexity index is 696. The van der Waals surface area contributed by atoms with E-state index in [1.807, 2.05) is 42.4 Å². The number of anilines is 2. The van der Waals surface area contributed by atoms with Crippen molar-refractivity contribution in [2.75, 3.05) is 38.2 Å². The van der Waals surface area contributed by atoms with Gasteiger partial charge in [0.2, 0.25) is 5.95 Å². The second kappa shape index (κ2) is 9.92. The van der Waals surface area contributed by atoms with Crippen LogP contribution in [0.5, 0.6) is 5.75 Å². The molecule has 0 N–H and O–H groups in total. The van der Waals surface area contributed by atoms with Gasteiger partial charge in [0.25, 0.3) is 0 Å². The van der Waals surface area contributed by atoms with Crippen molar-refractivity contribution in [3.8, 4) is 5.75 Å². The van der Waals surface area contributed by atoms with E-state index < -0.39 is 0 Å². The van der Waals surface area contributed by atoms with Crippen LogP contribution in [0.25, 0.3) is 6.08 Å². The lowest BCUT2D eigenvalue weighted by molar-refractivity contribution is 0.223. The number of hydrogen-bond donors (Lipinski definition) is 0. The molecular weight excluding hydrogens is 324 g/mol. The summed E-state index contributed by atoms with van der Waals surface area (Å²) in [5.74, 6) is 1.54. The van der Waals surface area contributed by atoms with Gasteiger partial charge in [-0.1, -0.05) is 27.4 Å². The van der Waals surface area contributed by atoms with Crippen molar-refractivity contribution < 1.29 is 4.74 Å². The number of rotatable bonds is 10. The van der Waals surface area contributed by atoms with Crippen LogP contribution in [0.3, 0.4) is 0 Å². The summed E-state index contributed by atoms with van der Waals surface area (Å²) < 4.78 is 5.84. The molecule has 0 saturated carbocycles. The molecule has 26 heavy (non-hydrogen) atoms. The molecule has 1 heterocycles. The molecule has 1 aromatic carbocycles. The number of aryl methyl sites for hydroxylation is 1. The molecule has 140 valence electrons. The van der Waals surface area contributed by atoms with Gasteiger partial charge in [0.1, 0.15) is 12.4 Å². The Balaban J connectivity index is 2.02. The highest BCUT2D eigenvalue weighted by atomic mass is 16.5. The van der Waals surface area contributed by atoms with Crippen LogP contribution in [0.2, 0.25) is 0 Å². The van der Waals surface area contributed by atoms with E-state index >= 15 is 0 Å². The molecule has 5 nitrogen and oxygen atoms in total. The van der Waals surface area contributed by atoms with E-state index in [0.29, 0.717) is 12.6 Å². The van der Waals surface area contributed by atoms with Gasteiger partial charge in [-0.2, -0.15) is 0 Å². The first-order chi connectivity index (χ1) is 12.6. The topological polar surface area (TPSA) is 41.5 Å². The first-order valence-corrected chi connectivity index (χ1v) is 9.30. The third kappa shape index (κ3) is 5.05. The number of likely N-dealkylation sites (N-methyl/N-ethyl adjacent to an activating group) is 1. The molecule has 0 fully saturated rings. The molecule has 0 aliphatic rings. The van der Waals surface area contributed by atoms with Crippen LogP contribution < -0.4 is 9.64 Å². The number of benzene rings is 1. The van der Waals surface area contributed by atoms with E-state index in [4.69, 9.17) is 4.74 Å². The number of aromatic nitrogens is 2. The summed E-state index contributed by atoms with van der Waals surface area (Å²) in [6.45, 7) is 14.0. The SMILES string of the molecule is C=Cc1nc(N(C)c2ccc(OCCN(CC)CC)cc2)ncc1CC. The molecule has 2 aromatic rings. The number of ether oxygens (including phenoxy) is 1. The van der Waals surface area contributed by atoms with Crippen molar-refractivity contribution in [2.45, 2.75) is 27.2 Å². The predicted molar refractivity (Wildman–Crippen MR) is 109 cm³/mol. The maximum atomic E-state index is 5.84. The van der Waals surface area contributed by atoms with Crippen LogP contribution in [0.1, 0.15) is 32.0 Å². The lowest BCUT2D eigenvalue weighted by Crippen LogP contribution is -2.27. The van der Waals surface area contributed by atoms with Crippen LogP contribution in [-0.2, 0) is 6.42 Å². The van der Waals surface area contributed by atoms with Gasteiger partial charge in [-0.15, -0.1) is 0 Å². The lowest BCUT2D eigenvalue weighted by Gasteiger charge is -2.19. The molecule has 0 saturated heterocycles. The summed E-state index contributed by atoms with van der Waals surface area (Å²) in [4.78, 5) is 13.4. The van der Waals surface area contributed by atoms with Gasteiger partial charge in [-0.3, -0.25) is 0 Å². The average molecular weight is 354 g/mol. The van der Waals surface area contributed by atoms with Crippen LogP contribution in [-0.4, -0.2) is 48.2 Å². The van der Waals surface area contributed by atoms with Gasteiger partial charge in [0.05, 0.1) is 5.69 Å². The van der Waals surface area contributed by atoms with Crippen molar-refractivity contribution in [3.05, 3.63) is 48.3 Å². The van der Waals surface area contributed by atoms with E-state index in [0.717, 1.165) is 48.7 Å². The largest absolute Gasteiger partial charge is 0.492 e. The zero-order chi connectivity index (χ0) is 18.9. The van der Waals surface area contributed by atoms with Crippen LogP contribution in [0.15, 0.2) is 37.0 Å². The Hall–Kier alpha value is -2.40. The summed E-state index contributed by atoms with van der Waals surface area (Å²) in [6.07, 6.45) is 4.55. The Morgan fingerprint density at radius 1 is 1.12 bits per heavy atom. The Morgan fingerprint density at radius 2 is 1.81 bits per heavy atom. The predicted octanol–water partition coefficient (Wildman–Crippen LogP) is 4.17. The fourth-order valence-electron chi connectivity index (χ4n) is 2.73. The smallest absolute Gasteiger partial charge is 0.230 e. The lowest BCUT2D eigenvalue weighted by atomic mass is 10.2. The third-order valence-electron chi connectivity index (χ3n) is 4.55. The average Bonchev–Trinajstić information content (AvgIpc) is 2.70. The molecule has 0 aliphatic carbocycles. The summed E-state index contributed by atoms with van der Waals surface area (Å²) in [7, 11) is 1.96. The van der Waals surface area contributed by atoms with Crippen molar-refractivity contribution in [1.29, 1.82) is 0 Å². The molecular formula is C21H30N4O. The zero-order valence-electron chi connectivity index (χ0n) is 16.4. The minimum atomic E-state index is 0.660. The maximum Gasteiger partial charge on any atom is 0.230 e. The number of nitrogens with zero attached hydrogens (tertiary/aromatic N) is 4. The van der Waals surface area contributed by atoms with Gasteiger partial charge in [0.15, 0.2) is 0 Å². The van der Waals surface area contributed by atoms with Crippen LogP contribution in [0.4, 0.5) is 11.6 Å². The van der Waals surface area contributed by atoms with Gasteiger partial charge in [-0.25, -0.2) is 9.97 Å². The summed E-state index contributed by atoms with van der Waals surface area (Å²) in [5.41, 5.74) is 3.01. The molecule has 5 heteroatoms. The highest BCUT2D eigenvalue weighted by Crippen LogP contribution is 2.24. The summed E-state index contributed by atoms with van der Waals surface area (Å²) >= 11 is 0. The van der Waals surface area contributed by atoms with Gasteiger partial charge in [-0.05, 0) is 55.4 Å². The minimum absolute atomic E-state index is 0.660. The molecule has 2 rings (SSSR count). The van der Waals surface area contributed by atoms with Gasteiger partial charge >= 0.3 is 0 Å². The van der Waals surface area contributed by atoms with Gasteiger partial charge in [0, 0.05) is 25.5 Å². The summed E-state index contributed by atoms with van der Waals surface area (Å²) in [6, 6.07) is 8.03. The van der Waals surface area contributed by atoms with Gasteiger partial charge < -0.3 is 14.5 Å². The summed E-state index contributed by atoms with van der Waals surface area (Å²) in [5, 5.41) is 0. The van der Waals surface area contributed by atoms with E-state index in [2.05, 4.69) is 42.2 Å². The zero-order valence-corrected chi connectivity index (χ0v) is 16.4.